The first-order chi connectivity index (χ1) is 11.6. The highest BCUT2D eigenvalue weighted by Crippen LogP contribution is 2.13. The van der Waals surface area contributed by atoms with E-state index in [9.17, 15) is 4.79 Å². The van der Waals surface area contributed by atoms with Gasteiger partial charge in [-0.05, 0) is 12.1 Å². The Morgan fingerprint density at radius 2 is 2.08 bits per heavy atom. The van der Waals surface area contributed by atoms with Crippen molar-refractivity contribution in [3.8, 4) is 11.4 Å². The standard InChI is InChI=1S/C15H16N6O3/c1-3-12-16-13(24-19-12)9-23-14(22)8-21-18-15(17-20-21)11-6-4-10(2)5-7-11/h4-7H,3,8-9H2,1-2H3. The van der Waals surface area contributed by atoms with Crippen molar-refractivity contribution in [2.75, 3.05) is 0 Å². The number of aryl methyl sites for hydroxylation is 2. The van der Waals surface area contributed by atoms with Gasteiger partial charge in [0.25, 0.3) is 5.89 Å². The second kappa shape index (κ2) is 6.99. The third-order valence-corrected chi connectivity index (χ3v) is 3.22. The highest BCUT2D eigenvalue weighted by Gasteiger charge is 2.12. The second-order valence-electron chi connectivity index (χ2n) is 5.13. The highest BCUT2D eigenvalue weighted by molar-refractivity contribution is 5.68. The molecule has 9 nitrogen and oxygen atoms in total. The van der Waals surface area contributed by atoms with Crippen molar-refractivity contribution in [1.82, 2.24) is 30.3 Å². The summed E-state index contributed by atoms with van der Waals surface area (Å²) in [4.78, 5) is 17.0. The Labute approximate surface area is 137 Å². The minimum Gasteiger partial charge on any atom is -0.454 e. The number of aromatic nitrogens is 6. The molecule has 0 saturated carbocycles. The van der Waals surface area contributed by atoms with Gasteiger partial charge >= 0.3 is 5.97 Å². The summed E-state index contributed by atoms with van der Waals surface area (Å²) in [5.41, 5.74) is 1.97. The Bertz CT molecular complexity index is 824. The van der Waals surface area contributed by atoms with Crippen LogP contribution in [0.2, 0.25) is 0 Å². The van der Waals surface area contributed by atoms with Crippen molar-refractivity contribution in [2.45, 2.75) is 33.4 Å². The average Bonchev–Trinajstić information content (AvgIpc) is 3.23. The fourth-order valence-corrected chi connectivity index (χ4v) is 1.92. The zero-order chi connectivity index (χ0) is 16.9. The smallest absolute Gasteiger partial charge is 0.330 e. The van der Waals surface area contributed by atoms with Gasteiger partial charge in [-0.15, -0.1) is 10.2 Å². The lowest BCUT2D eigenvalue weighted by Crippen LogP contribution is -2.16. The summed E-state index contributed by atoms with van der Waals surface area (Å²) in [5, 5.41) is 15.7. The fraction of sp³-hybridized carbons (Fsp3) is 0.333. The van der Waals surface area contributed by atoms with E-state index >= 15 is 0 Å². The number of carbonyl (C=O) groups excluding carboxylic acids is 1. The monoisotopic (exact) mass is 328 g/mol. The third kappa shape index (κ3) is 3.80. The number of ether oxygens (including phenoxy) is 1. The molecule has 0 aliphatic heterocycles. The molecule has 3 aromatic rings. The zero-order valence-electron chi connectivity index (χ0n) is 13.3. The molecular weight excluding hydrogens is 312 g/mol. The maximum atomic E-state index is 11.8. The summed E-state index contributed by atoms with van der Waals surface area (Å²) in [7, 11) is 0. The van der Waals surface area contributed by atoms with Crippen molar-refractivity contribution >= 4 is 5.97 Å². The van der Waals surface area contributed by atoms with Crippen LogP contribution in [0.5, 0.6) is 0 Å². The molecule has 0 saturated heterocycles. The van der Waals surface area contributed by atoms with Gasteiger partial charge in [0.05, 0.1) is 0 Å². The summed E-state index contributed by atoms with van der Waals surface area (Å²) in [6.45, 7) is 3.68. The molecule has 24 heavy (non-hydrogen) atoms. The number of tetrazole rings is 1. The van der Waals surface area contributed by atoms with Crippen LogP contribution in [-0.2, 0) is 29.1 Å². The van der Waals surface area contributed by atoms with E-state index in [0.29, 0.717) is 18.1 Å². The molecule has 0 spiro atoms. The van der Waals surface area contributed by atoms with E-state index in [1.54, 1.807) is 0 Å². The van der Waals surface area contributed by atoms with Gasteiger partial charge in [-0.3, -0.25) is 0 Å². The Hall–Kier alpha value is -3.10. The number of hydrogen-bond acceptors (Lipinski definition) is 8. The maximum Gasteiger partial charge on any atom is 0.330 e. The first kappa shape index (κ1) is 15.8. The molecule has 3 rings (SSSR count). The SMILES string of the molecule is CCc1noc(COC(=O)Cn2nnc(-c3ccc(C)cc3)n2)n1. The van der Waals surface area contributed by atoms with Crippen LogP contribution in [0.25, 0.3) is 11.4 Å². The van der Waals surface area contributed by atoms with Gasteiger partial charge in [-0.2, -0.15) is 9.78 Å². The van der Waals surface area contributed by atoms with Crippen LogP contribution in [0, 0.1) is 6.92 Å². The van der Waals surface area contributed by atoms with E-state index in [1.165, 1.54) is 4.80 Å². The van der Waals surface area contributed by atoms with E-state index in [1.807, 2.05) is 38.1 Å². The van der Waals surface area contributed by atoms with Crippen molar-refractivity contribution in [3.05, 3.63) is 41.5 Å². The maximum absolute atomic E-state index is 11.8. The minimum absolute atomic E-state index is 0.0780. The van der Waals surface area contributed by atoms with Gasteiger partial charge in [0, 0.05) is 12.0 Å². The lowest BCUT2D eigenvalue weighted by Gasteiger charge is -2.00. The molecule has 0 amide bonds. The predicted octanol–water partition coefficient (Wildman–Crippen LogP) is 1.34. The number of rotatable bonds is 6. The predicted molar refractivity (Wildman–Crippen MR) is 81.5 cm³/mol. The number of carbonyl (C=O) groups is 1. The lowest BCUT2D eigenvalue weighted by molar-refractivity contribution is -0.147. The van der Waals surface area contributed by atoms with Gasteiger partial charge in [0.15, 0.2) is 19.0 Å². The molecule has 9 heteroatoms. The number of benzene rings is 1. The fourth-order valence-electron chi connectivity index (χ4n) is 1.92. The van der Waals surface area contributed by atoms with Crippen molar-refractivity contribution in [3.63, 3.8) is 0 Å². The van der Waals surface area contributed by atoms with Gasteiger partial charge in [0.2, 0.25) is 5.82 Å². The van der Waals surface area contributed by atoms with E-state index < -0.39 is 5.97 Å². The molecule has 0 fully saturated rings. The molecule has 0 radical (unpaired) electrons. The van der Waals surface area contributed by atoms with Gasteiger partial charge in [-0.25, -0.2) is 4.79 Å². The van der Waals surface area contributed by atoms with Crippen LogP contribution >= 0.6 is 0 Å². The molecule has 0 bridgehead atoms. The largest absolute Gasteiger partial charge is 0.454 e. The molecule has 0 N–H and O–H groups in total. The normalized spacial score (nSPS) is 10.8. The van der Waals surface area contributed by atoms with E-state index in [4.69, 9.17) is 9.26 Å². The minimum atomic E-state index is -0.515. The van der Waals surface area contributed by atoms with Crippen LogP contribution in [0.15, 0.2) is 28.8 Å². The van der Waals surface area contributed by atoms with E-state index in [-0.39, 0.29) is 19.0 Å². The van der Waals surface area contributed by atoms with E-state index in [0.717, 1.165) is 11.1 Å². The van der Waals surface area contributed by atoms with Crippen molar-refractivity contribution in [2.24, 2.45) is 0 Å². The molecule has 2 aromatic heterocycles. The van der Waals surface area contributed by atoms with Crippen molar-refractivity contribution in [1.29, 1.82) is 0 Å². The zero-order valence-corrected chi connectivity index (χ0v) is 13.3. The quantitative estimate of drug-likeness (QED) is 0.624. The third-order valence-electron chi connectivity index (χ3n) is 3.22. The molecule has 0 aliphatic rings. The van der Waals surface area contributed by atoms with Crippen LogP contribution in [0.3, 0.4) is 0 Å². The summed E-state index contributed by atoms with van der Waals surface area (Å²) < 4.78 is 10.00. The number of hydrogen-bond donors (Lipinski definition) is 0. The molecule has 2 heterocycles. The van der Waals surface area contributed by atoms with Crippen LogP contribution < -0.4 is 0 Å². The molecule has 0 unspecified atom stereocenters. The summed E-state index contributed by atoms with van der Waals surface area (Å²) in [5.74, 6) is 0.764. The number of esters is 1. The second-order valence-corrected chi connectivity index (χ2v) is 5.13. The Morgan fingerprint density at radius 1 is 1.29 bits per heavy atom. The summed E-state index contributed by atoms with van der Waals surface area (Å²) in [6, 6.07) is 7.71. The summed E-state index contributed by atoms with van der Waals surface area (Å²) in [6.07, 6.45) is 0.655. The van der Waals surface area contributed by atoms with Gasteiger partial charge in [-0.1, -0.05) is 41.9 Å². The molecule has 0 atom stereocenters. The van der Waals surface area contributed by atoms with Crippen LogP contribution in [0.1, 0.15) is 24.2 Å². The van der Waals surface area contributed by atoms with Gasteiger partial charge in [0.1, 0.15) is 0 Å². The van der Waals surface area contributed by atoms with Crippen molar-refractivity contribution < 1.29 is 14.1 Å². The van der Waals surface area contributed by atoms with Crippen LogP contribution in [-0.4, -0.2) is 36.3 Å². The lowest BCUT2D eigenvalue weighted by atomic mass is 10.1. The Balaban J connectivity index is 1.56. The molecule has 0 aliphatic carbocycles. The summed E-state index contributed by atoms with van der Waals surface area (Å²) >= 11 is 0. The van der Waals surface area contributed by atoms with Gasteiger partial charge < -0.3 is 9.26 Å². The Morgan fingerprint density at radius 3 is 2.79 bits per heavy atom. The van der Waals surface area contributed by atoms with Crippen LogP contribution in [0.4, 0.5) is 0 Å². The molecule has 1 aromatic carbocycles. The van der Waals surface area contributed by atoms with E-state index in [2.05, 4.69) is 25.6 Å². The first-order valence-electron chi connectivity index (χ1n) is 7.46. The average molecular weight is 328 g/mol. The molecule has 124 valence electrons. The first-order valence-corrected chi connectivity index (χ1v) is 7.46. The number of nitrogens with zero attached hydrogens (tertiary/aromatic N) is 6. The highest BCUT2D eigenvalue weighted by atomic mass is 16.6. The Kier molecular flexibility index (Phi) is 4.59. The molecular formula is C15H16N6O3. The topological polar surface area (TPSA) is 109 Å².